The lowest BCUT2D eigenvalue weighted by Gasteiger charge is -2.03. The number of rotatable bonds is 8. The summed E-state index contributed by atoms with van der Waals surface area (Å²) in [5, 5.41) is 13.2. The van der Waals surface area contributed by atoms with Crippen LogP contribution in [-0.4, -0.2) is 46.1 Å². The summed E-state index contributed by atoms with van der Waals surface area (Å²) >= 11 is 1.68. The maximum atomic E-state index is 10.5. The molecule has 1 aromatic rings. The SMILES string of the molecule is C#CCNC(C[N+](=O)[O-])=NCCSCc1nc[nH]c1C. The maximum absolute atomic E-state index is 10.5. The molecule has 2 N–H and O–H groups in total. The number of amidine groups is 1. The molecule has 0 aliphatic rings. The molecule has 0 saturated heterocycles. The third-order valence-corrected chi connectivity index (χ3v) is 3.33. The average molecular weight is 295 g/mol. The normalized spacial score (nSPS) is 11.1. The first kappa shape index (κ1) is 16.0. The predicted octanol–water partition coefficient (Wildman–Crippen LogP) is 0.849. The number of hydrogen-bond donors (Lipinski definition) is 2. The van der Waals surface area contributed by atoms with E-state index in [2.05, 4.69) is 26.2 Å². The van der Waals surface area contributed by atoms with Crippen LogP contribution >= 0.6 is 11.8 Å². The zero-order valence-corrected chi connectivity index (χ0v) is 12.1. The van der Waals surface area contributed by atoms with Crippen LogP contribution in [0.15, 0.2) is 11.3 Å². The Bertz CT molecular complexity index is 506. The van der Waals surface area contributed by atoms with Crippen LogP contribution in [0.3, 0.4) is 0 Å². The van der Waals surface area contributed by atoms with Crippen LogP contribution in [0.5, 0.6) is 0 Å². The molecule has 0 radical (unpaired) electrons. The molecule has 0 saturated carbocycles. The van der Waals surface area contributed by atoms with E-state index in [4.69, 9.17) is 6.42 Å². The molecule has 0 amide bonds. The Balaban J connectivity index is 2.30. The van der Waals surface area contributed by atoms with Crippen molar-refractivity contribution in [1.29, 1.82) is 0 Å². The molecule has 0 unspecified atom stereocenters. The topological polar surface area (TPSA) is 96.2 Å². The van der Waals surface area contributed by atoms with Gasteiger partial charge in [-0.2, -0.15) is 11.8 Å². The molecule has 7 nitrogen and oxygen atoms in total. The van der Waals surface area contributed by atoms with E-state index in [0.717, 1.165) is 22.9 Å². The Morgan fingerprint density at radius 2 is 2.55 bits per heavy atom. The largest absolute Gasteiger partial charge is 0.357 e. The number of aliphatic imine (C=N–C) groups is 1. The molecule has 0 bridgehead atoms. The molecular weight excluding hydrogens is 278 g/mol. The lowest BCUT2D eigenvalue weighted by Crippen LogP contribution is -2.31. The van der Waals surface area contributed by atoms with Crippen molar-refractivity contribution in [3.8, 4) is 12.3 Å². The Hall–Kier alpha value is -2.01. The van der Waals surface area contributed by atoms with E-state index >= 15 is 0 Å². The molecule has 108 valence electrons. The molecule has 8 heteroatoms. The molecule has 20 heavy (non-hydrogen) atoms. The highest BCUT2D eigenvalue weighted by atomic mass is 32.2. The van der Waals surface area contributed by atoms with Crippen LogP contribution in [0.1, 0.15) is 11.4 Å². The molecule has 1 aromatic heterocycles. The summed E-state index contributed by atoms with van der Waals surface area (Å²) in [6.45, 7) is 2.39. The first-order valence-corrected chi connectivity index (χ1v) is 7.18. The lowest BCUT2D eigenvalue weighted by molar-refractivity contribution is -0.463. The van der Waals surface area contributed by atoms with Gasteiger partial charge in [0.2, 0.25) is 0 Å². The van der Waals surface area contributed by atoms with E-state index in [-0.39, 0.29) is 13.1 Å². The minimum absolute atomic E-state index is 0.242. The number of aromatic amines is 1. The van der Waals surface area contributed by atoms with Gasteiger partial charge in [-0.15, -0.1) is 6.42 Å². The second kappa shape index (κ2) is 8.98. The molecule has 0 fully saturated rings. The Kier molecular flexibility index (Phi) is 7.21. The Labute approximate surface area is 121 Å². The van der Waals surface area contributed by atoms with Gasteiger partial charge in [0, 0.05) is 22.1 Å². The summed E-state index contributed by atoms with van der Waals surface area (Å²) in [6, 6.07) is 0. The number of H-pyrrole nitrogens is 1. The van der Waals surface area contributed by atoms with Crippen molar-refractivity contribution >= 4 is 17.6 Å². The number of aromatic nitrogens is 2. The van der Waals surface area contributed by atoms with Gasteiger partial charge in [0.05, 0.1) is 25.1 Å². The van der Waals surface area contributed by atoms with Crippen LogP contribution in [-0.2, 0) is 5.75 Å². The van der Waals surface area contributed by atoms with Crippen molar-refractivity contribution in [3.63, 3.8) is 0 Å². The third kappa shape index (κ3) is 6.24. The maximum Gasteiger partial charge on any atom is 0.259 e. The Morgan fingerprint density at radius 1 is 1.75 bits per heavy atom. The van der Waals surface area contributed by atoms with Crippen LogP contribution in [0.2, 0.25) is 0 Å². The highest BCUT2D eigenvalue weighted by Gasteiger charge is 2.06. The lowest BCUT2D eigenvalue weighted by atomic mass is 10.4. The van der Waals surface area contributed by atoms with Gasteiger partial charge in [-0.25, -0.2) is 4.98 Å². The number of terminal acetylenes is 1. The average Bonchev–Trinajstić information content (AvgIpc) is 2.80. The van der Waals surface area contributed by atoms with E-state index < -0.39 is 4.92 Å². The number of thioether (sulfide) groups is 1. The zero-order chi connectivity index (χ0) is 14.8. The Morgan fingerprint density at radius 3 is 3.15 bits per heavy atom. The van der Waals surface area contributed by atoms with E-state index in [0.29, 0.717) is 12.4 Å². The molecule has 0 spiro atoms. The quantitative estimate of drug-likeness (QED) is 0.185. The van der Waals surface area contributed by atoms with E-state index in [1.54, 1.807) is 18.1 Å². The van der Waals surface area contributed by atoms with E-state index in [1.807, 2.05) is 6.92 Å². The first-order valence-electron chi connectivity index (χ1n) is 6.02. The molecule has 0 atom stereocenters. The number of aryl methyl sites for hydroxylation is 1. The van der Waals surface area contributed by atoms with Crippen molar-refractivity contribution in [1.82, 2.24) is 15.3 Å². The van der Waals surface area contributed by atoms with Crippen LogP contribution < -0.4 is 5.32 Å². The van der Waals surface area contributed by atoms with Crippen LogP contribution in [0.25, 0.3) is 0 Å². The molecule has 0 aliphatic heterocycles. The van der Waals surface area contributed by atoms with Crippen molar-refractivity contribution in [3.05, 3.63) is 27.8 Å². The molecule has 0 aromatic carbocycles. The van der Waals surface area contributed by atoms with Gasteiger partial charge in [-0.3, -0.25) is 15.1 Å². The molecular formula is C12H17N5O2S. The number of imidazole rings is 1. The summed E-state index contributed by atoms with van der Waals surface area (Å²) in [7, 11) is 0. The van der Waals surface area contributed by atoms with Crippen LogP contribution in [0.4, 0.5) is 0 Å². The monoisotopic (exact) mass is 295 g/mol. The minimum atomic E-state index is -0.428. The predicted molar refractivity (Wildman–Crippen MR) is 80.5 cm³/mol. The molecule has 1 rings (SSSR count). The standard InChI is InChI=1S/C12H17N5O2S/c1-3-4-13-12(7-17(18)19)14-5-6-20-8-11-10(2)15-9-16-11/h1,9H,4-8H2,2H3,(H,13,14)(H,15,16). The van der Waals surface area contributed by atoms with Gasteiger partial charge in [0.1, 0.15) is 0 Å². The third-order valence-electron chi connectivity index (χ3n) is 2.38. The van der Waals surface area contributed by atoms with Gasteiger partial charge in [-0.1, -0.05) is 5.92 Å². The first-order chi connectivity index (χ1) is 9.63. The van der Waals surface area contributed by atoms with E-state index in [9.17, 15) is 10.1 Å². The fourth-order valence-corrected chi connectivity index (χ4v) is 2.23. The van der Waals surface area contributed by atoms with E-state index in [1.165, 1.54) is 0 Å². The van der Waals surface area contributed by atoms with Crippen molar-refractivity contribution in [2.45, 2.75) is 12.7 Å². The fraction of sp³-hybridized carbons (Fsp3) is 0.500. The second-order valence-corrected chi connectivity index (χ2v) is 5.01. The summed E-state index contributed by atoms with van der Waals surface area (Å²) < 4.78 is 0. The summed E-state index contributed by atoms with van der Waals surface area (Å²) in [5.74, 6) is 4.26. The van der Waals surface area contributed by atoms with Gasteiger partial charge < -0.3 is 10.3 Å². The summed E-state index contributed by atoms with van der Waals surface area (Å²) in [4.78, 5) is 21.4. The summed E-state index contributed by atoms with van der Waals surface area (Å²) in [5.41, 5.74) is 2.08. The zero-order valence-electron chi connectivity index (χ0n) is 11.3. The van der Waals surface area contributed by atoms with Gasteiger partial charge >= 0.3 is 0 Å². The van der Waals surface area contributed by atoms with Gasteiger partial charge in [0.25, 0.3) is 6.54 Å². The van der Waals surface area contributed by atoms with Crippen molar-refractivity contribution in [2.24, 2.45) is 4.99 Å². The highest BCUT2D eigenvalue weighted by Crippen LogP contribution is 2.11. The summed E-state index contributed by atoms with van der Waals surface area (Å²) in [6.07, 6.45) is 6.77. The fourth-order valence-electron chi connectivity index (χ4n) is 1.38. The van der Waals surface area contributed by atoms with Crippen molar-refractivity contribution in [2.75, 3.05) is 25.4 Å². The van der Waals surface area contributed by atoms with Gasteiger partial charge in [0.15, 0.2) is 5.84 Å². The number of nitrogens with zero attached hydrogens (tertiary/aromatic N) is 3. The minimum Gasteiger partial charge on any atom is -0.357 e. The van der Waals surface area contributed by atoms with Crippen LogP contribution in [0, 0.1) is 29.4 Å². The number of nitrogens with one attached hydrogen (secondary N) is 2. The molecule has 1 heterocycles. The number of nitro groups is 1. The molecule has 0 aliphatic carbocycles. The number of hydrogen-bond acceptors (Lipinski definition) is 5. The second-order valence-electron chi connectivity index (χ2n) is 3.90. The van der Waals surface area contributed by atoms with Gasteiger partial charge in [-0.05, 0) is 6.92 Å². The smallest absolute Gasteiger partial charge is 0.259 e. The highest BCUT2D eigenvalue weighted by molar-refractivity contribution is 7.98. The van der Waals surface area contributed by atoms with Crippen molar-refractivity contribution < 1.29 is 4.92 Å².